The second kappa shape index (κ2) is 7.73. The molecular formula is C24H33FN2O2. The maximum atomic E-state index is 14.0. The number of rotatable bonds is 6. The topological polar surface area (TPSA) is 58.2 Å². The molecule has 158 valence electrons. The van der Waals surface area contributed by atoms with Crippen molar-refractivity contribution < 1.29 is 14.0 Å². The first-order valence-electron chi connectivity index (χ1n) is 11.1. The van der Waals surface area contributed by atoms with Gasteiger partial charge in [-0.2, -0.15) is 0 Å². The van der Waals surface area contributed by atoms with Gasteiger partial charge in [0.1, 0.15) is 11.9 Å². The van der Waals surface area contributed by atoms with Crippen LogP contribution in [0.4, 0.5) is 4.39 Å². The van der Waals surface area contributed by atoms with E-state index >= 15 is 0 Å². The van der Waals surface area contributed by atoms with Crippen LogP contribution in [0.5, 0.6) is 0 Å². The molecule has 4 bridgehead atoms. The Hall–Kier alpha value is -1.91. The van der Waals surface area contributed by atoms with Gasteiger partial charge in [0.25, 0.3) is 5.91 Å². The minimum Gasteiger partial charge on any atom is -0.351 e. The lowest BCUT2D eigenvalue weighted by Gasteiger charge is -2.59. The molecule has 4 fully saturated rings. The molecule has 2 amide bonds. The quantitative estimate of drug-likeness (QED) is 0.748. The van der Waals surface area contributed by atoms with Gasteiger partial charge in [0, 0.05) is 6.04 Å². The maximum Gasteiger partial charge on any atom is 0.254 e. The van der Waals surface area contributed by atoms with Gasteiger partial charge in [-0.3, -0.25) is 9.59 Å². The van der Waals surface area contributed by atoms with Crippen LogP contribution in [0, 0.1) is 34.9 Å². The Bertz CT molecular complexity index is 756. The molecule has 4 aliphatic rings. The highest BCUT2D eigenvalue weighted by Crippen LogP contribution is 2.61. The molecule has 1 aromatic carbocycles. The lowest BCUT2D eigenvalue weighted by Crippen LogP contribution is -2.59. The zero-order valence-electron chi connectivity index (χ0n) is 17.7. The first-order chi connectivity index (χ1) is 13.8. The number of nitrogens with one attached hydrogen (secondary N) is 2. The molecule has 1 aromatic rings. The first-order valence-corrected chi connectivity index (χ1v) is 11.1. The summed E-state index contributed by atoms with van der Waals surface area (Å²) in [6.45, 7) is 5.95. The van der Waals surface area contributed by atoms with Gasteiger partial charge in [-0.1, -0.05) is 26.0 Å². The van der Waals surface area contributed by atoms with E-state index in [1.54, 1.807) is 12.1 Å². The van der Waals surface area contributed by atoms with E-state index in [0.717, 1.165) is 17.8 Å². The van der Waals surface area contributed by atoms with E-state index in [1.165, 1.54) is 50.7 Å². The van der Waals surface area contributed by atoms with Crippen LogP contribution in [0.3, 0.4) is 0 Å². The molecule has 0 aliphatic heterocycles. The second-order valence-electron chi connectivity index (χ2n) is 10.2. The van der Waals surface area contributed by atoms with Gasteiger partial charge in [-0.15, -0.1) is 0 Å². The summed E-state index contributed by atoms with van der Waals surface area (Å²) in [5.74, 6) is 1.10. The largest absolute Gasteiger partial charge is 0.351 e. The van der Waals surface area contributed by atoms with Crippen LogP contribution in [0.25, 0.3) is 0 Å². The zero-order chi connectivity index (χ0) is 20.8. The van der Waals surface area contributed by atoms with Crippen LogP contribution in [0.2, 0.25) is 0 Å². The SMILES string of the molecule is CC(C)[C@H](NC(=O)c1ccccc1F)C(=O)N[C@H](C)C12CC3CC(CC(C3)C1)C2. The van der Waals surface area contributed by atoms with Crippen molar-refractivity contribution in [2.45, 2.75) is 71.4 Å². The molecule has 0 aromatic heterocycles. The fraction of sp³-hybridized carbons (Fsp3) is 0.667. The molecule has 5 heteroatoms. The number of halogens is 1. The summed E-state index contributed by atoms with van der Waals surface area (Å²) in [6.07, 6.45) is 7.75. The first kappa shape index (κ1) is 20.4. The van der Waals surface area contributed by atoms with Gasteiger partial charge >= 0.3 is 0 Å². The molecule has 0 radical (unpaired) electrons. The van der Waals surface area contributed by atoms with Gasteiger partial charge in [-0.05, 0) is 86.7 Å². The molecule has 2 atom stereocenters. The summed E-state index contributed by atoms with van der Waals surface area (Å²) < 4.78 is 14.0. The summed E-state index contributed by atoms with van der Waals surface area (Å²) in [5.41, 5.74) is 0.182. The Morgan fingerprint density at radius 3 is 2.03 bits per heavy atom. The third-order valence-electron chi connectivity index (χ3n) is 7.72. The zero-order valence-corrected chi connectivity index (χ0v) is 17.7. The predicted molar refractivity (Wildman–Crippen MR) is 111 cm³/mol. The Labute approximate surface area is 173 Å². The molecule has 29 heavy (non-hydrogen) atoms. The minimum absolute atomic E-state index is 0.0277. The summed E-state index contributed by atoms with van der Waals surface area (Å²) in [4.78, 5) is 25.7. The fourth-order valence-electron chi connectivity index (χ4n) is 6.56. The molecule has 0 saturated heterocycles. The van der Waals surface area contributed by atoms with E-state index in [1.807, 2.05) is 13.8 Å². The van der Waals surface area contributed by atoms with Crippen molar-refractivity contribution in [1.29, 1.82) is 0 Å². The normalized spacial score (nSPS) is 32.1. The van der Waals surface area contributed by atoms with Crippen LogP contribution in [0.15, 0.2) is 24.3 Å². The van der Waals surface area contributed by atoms with Crippen molar-refractivity contribution in [2.24, 2.45) is 29.1 Å². The highest BCUT2D eigenvalue weighted by molar-refractivity contribution is 5.97. The highest BCUT2D eigenvalue weighted by Gasteiger charge is 2.53. The Morgan fingerprint density at radius 2 is 1.52 bits per heavy atom. The molecule has 4 nitrogen and oxygen atoms in total. The lowest BCUT2D eigenvalue weighted by atomic mass is 9.48. The number of hydrogen-bond donors (Lipinski definition) is 2. The molecule has 5 rings (SSSR count). The predicted octanol–water partition coefficient (Wildman–Crippen LogP) is 4.30. The van der Waals surface area contributed by atoms with Crippen LogP contribution in [0.1, 0.15) is 69.7 Å². The van der Waals surface area contributed by atoms with Crippen LogP contribution in [-0.2, 0) is 4.79 Å². The van der Waals surface area contributed by atoms with Crippen molar-refractivity contribution >= 4 is 11.8 Å². The van der Waals surface area contributed by atoms with Gasteiger partial charge < -0.3 is 10.6 Å². The van der Waals surface area contributed by atoms with Gasteiger partial charge in [0.05, 0.1) is 5.56 Å². The van der Waals surface area contributed by atoms with E-state index in [0.29, 0.717) is 0 Å². The fourth-order valence-corrected chi connectivity index (χ4v) is 6.56. The molecule has 2 N–H and O–H groups in total. The summed E-state index contributed by atoms with van der Waals surface area (Å²) >= 11 is 0. The number of benzene rings is 1. The number of hydrogen-bond acceptors (Lipinski definition) is 2. The molecule has 4 aliphatic carbocycles. The van der Waals surface area contributed by atoms with E-state index in [-0.39, 0.29) is 28.8 Å². The van der Waals surface area contributed by atoms with Crippen molar-refractivity contribution in [3.8, 4) is 0 Å². The lowest BCUT2D eigenvalue weighted by molar-refractivity contribution is -0.128. The highest BCUT2D eigenvalue weighted by atomic mass is 19.1. The second-order valence-corrected chi connectivity index (χ2v) is 10.2. The monoisotopic (exact) mass is 400 g/mol. The molecule has 0 spiro atoms. The van der Waals surface area contributed by atoms with Crippen molar-refractivity contribution in [1.82, 2.24) is 10.6 Å². The number of amides is 2. The van der Waals surface area contributed by atoms with Gasteiger partial charge in [-0.25, -0.2) is 4.39 Å². The van der Waals surface area contributed by atoms with Crippen LogP contribution < -0.4 is 10.6 Å². The average Bonchev–Trinajstić information content (AvgIpc) is 2.64. The third-order valence-corrected chi connectivity index (χ3v) is 7.72. The minimum atomic E-state index is -0.682. The van der Waals surface area contributed by atoms with E-state index in [2.05, 4.69) is 17.6 Å². The third kappa shape index (κ3) is 3.93. The summed E-state index contributed by atoms with van der Waals surface area (Å²) in [7, 11) is 0. The smallest absolute Gasteiger partial charge is 0.254 e. The average molecular weight is 401 g/mol. The molecule has 4 saturated carbocycles. The Morgan fingerprint density at radius 1 is 0.966 bits per heavy atom. The summed E-state index contributed by atoms with van der Waals surface area (Å²) in [5, 5.41) is 6.00. The maximum absolute atomic E-state index is 14.0. The molecule has 0 heterocycles. The van der Waals surface area contributed by atoms with E-state index in [9.17, 15) is 14.0 Å². The van der Waals surface area contributed by atoms with Gasteiger partial charge in [0.15, 0.2) is 0 Å². The van der Waals surface area contributed by atoms with E-state index in [4.69, 9.17) is 0 Å². The standard InChI is InChI=1S/C24H33FN2O2/c1-14(2)21(27-22(28)19-6-4-5-7-20(19)25)23(29)26-15(3)24-11-16-8-17(12-24)10-18(9-16)13-24/h4-7,14-18,21H,8-13H2,1-3H3,(H,26,29)(H,27,28)/t15-,16?,17?,18?,21+,24?/m1/s1. The van der Waals surface area contributed by atoms with Gasteiger partial charge in [0.2, 0.25) is 5.91 Å². The summed E-state index contributed by atoms with van der Waals surface area (Å²) in [6, 6.07) is 5.28. The molecular weight excluding hydrogens is 367 g/mol. The van der Waals surface area contributed by atoms with Crippen molar-refractivity contribution in [3.05, 3.63) is 35.6 Å². The number of carbonyl (C=O) groups is 2. The van der Waals surface area contributed by atoms with Crippen LogP contribution >= 0.6 is 0 Å². The van der Waals surface area contributed by atoms with Crippen molar-refractivity contribution in [2.75, 3.05) is 0 Å². The number of carbonyl (C=O) groups excluding carboxylic acids is 2. The Kier molecular flexibility index (Phi) is 5.43. The Balaban J connectivity index is 1.44. The molecule has 0 unspecified atom stereocenters. The van der Waals surface area contributed by atoms with Crippen molar-refractivity contribution in [3.63, 3.8) is 0 Å². The van der Waals surface area contributed by atoms with E-state index < -0.39 is 17.8 Å². The van der Waals surface area contributed by atoms with Crippen LogP contribution in [-0.4, -0.2) is 23.9 Å².